The lowest BCUT2D eigenvalue weighted by Gasteiger charge is -2.13. The van der Waals surface area contributed by atoms with E-state index >= 15 is 0 Å². The third kappa shape index (κ3) is 4.39. The number of rotatable bonds is 5. The minimum atomic E-state index is -0.201. The molecule has 0 radical (unpaired) electrons. The van der Waals surface area contributed by atoms with Gasteiger partial charge in [-0.3, -0.25) is 9.36 Å². The van der Waals surface area contributed by atoms with Crippen LogP contribution in [-0.2, 0) is 4.79 Å². The smallest absolute Gasteiger partial charge is 0.234 e. The van der Waals surface area contributed by atoms with Gasteiger partial charge in [-0.15, -0.1) is 10.2 Å². The van der Waals surface area contributed by atoms with Crippen LogP contribution < -0.4 is 14.8 Å². The lowest BCUT2D eigenvalue weighted by molar-refractivity contribution is -0.113. The lowest BCUT2D eigenvalue weighted by Crippen LogP contribution is -2.15. The predicted octanol–water partition coefficient (Wildman–Crippen LogP) is 4.43. The number of thioether (sulfide) groups is 1. The molecule has 0 fully saturated rings. The summed E-state index contributed by atoms with van der Waals surface area (Å²) in [5, 5.41) is 12.3. The summed E-state index contributed by atoms with van der Waals surface area (Å²) in [6, 6.07) is 11.4. The van der Waals surface area contributed by atoms with Gasteiger partial charge in [-0.2, -0.15) is 0 Å². The van der Waals surface area contributed by atoms with E-state index in [1.54, 1.807) is 12.1 Å². The molecule has 2 aromatic carbocycles. The summed E-state index contributed by atoms with van der Waals surface area (Å²) in [7, 11) is 0. The molecule has 0 unspecified atom stereocenters. The van der Waals surface area contributed by atoms with E-state index in [2.05, 4.69) is 15.5 Å². The second-order valence-electron chi connectivity index (χ2n) is 6.82. The highest BCUT2D eigenvalue weighted by Crippen LogP contribution is 2.37. The van der Waals surface area contributed by atoms with Crippen molar-refractivity contribution >= 4 is 35.0 Å². The van der Waals surface area contributed by atoms with Crippen LogP contribution in [0.1, 0.15) is 17.8 Å². The molecule has 1 amide bonds. The Labute approximate surface area is 183 Å². The minimum Gasteiger partial charge on any atom is -0.490 e. The molecule has 0 bridgehead atoms. The fourth-order valence-corrected chi connectivity index (χ4v) is 4.12. The number of aromatic nitrogens is 3. The number of anilines is 1. The maximum Gasteiger partial charge on any atom is 0.234 e. The average molecular weight is 445 g/mol. The molecule has 30 heavy (non-hydrogen) atoms. The number of hydrogen-bond acceptors (Lipinski definition) is 6. The first-order chi connectivity index (χ1) is 14.5. The fraction of sp³-hybridized carbons (Fsp3) is 0.286. The second kappa shape index (κ2) is 8.97. The molecule has 3 aromatic rings. The van der Waals surface area contributed by atoms with Crippen molar-refractivity contribution in [3.63, 3.8) is 0 Å². The first-order valence-electron chi connectivity index (χ1n) is 9.53. The van der Waals surface area contributed by atoms with Gasteiger partial charge in [0.15, 0.2) is 16.7 Å². The maximum absolute atomic E-state index is 12.6. The Morgan fingerprint density at radius 3 is 2.67 bits per heavy atom. The average Bonchev–Trinajstić information content (AvgIpc) is 2.93. The SMILES string of the molecule is Cc1ccccc1-n1c(C)nnc1SCC(=O)Nc1cc2c(cc1Cl)OCCCO2. The third-order valence-electron chi connectivity index (χ3n) is 4.60. The van der Waals surface area contributed by atoms with Crippen LogP contribution in [0, 0.1) is 13.8 Å². The highest BCUT2D eigenvalue weighted by molar-refractivity contribution is 7.99. The van der Waals surface area contributed by atoms with Crippen LogP contribution in [0.25, 0.3) is 5.69 Å². The van der Waals surface area contributed by atoms with E-state index in [9.17, 15) is 4.79 Å². The summed E-state index contributed by atoms with van der Waals surface area (Å²) in [6.07, 6.45) is 0.797. The predicted molar refractivity (Wildman–Crippen MR) is 117 cm³/mol. The molecule has 9 heteroatoms. The van der Waals surface area contributed by atoms with E-state index < -0.39 is 0 Å². The van der Waals surface area contributed by atoms with Crippen molar-refractivity contribution in [2.75, 3.05) is 24.3 Å². The van der Waals surface area contributed by atoms with Crippen molar-refractivity contribution in [2.45, 2.75) is 25.4 Å². The highest BCUT2D eigenvalue weighted by atomic mass is 35.5. The number of carbonyl (C=O) groups excluding carboxylic acids is 1. The molecule has 1 N–H and O–H groups in total. The monoisotopic (exact) mass is 444 g/mol. The summed E-state index contributed by atoms with van der Waals surface area (Å²) < 4.78 is 13.2. The van der Waals surface area contributed by atoms with Gasteiger partial charge in [0, 0.05) is 18.6 Å². The van der Waals surface area contributed by atoms with Gasteiger partial charge in [0.2, 0.25) is 5.91 Å². The molecule has 0 spiro atoms. The van der Waals surface area contributed by atoms with Crippen LogP contribution in [0.2, 0.25) is 5.02 Å². The van der Waals surface area contributed by atoms with Crippen LogP contribution in [0.5, 0.6) is 11.5 Å². The molecule has 7 nitrogen and oxygen atoms in total. The largest absolute Gasteiger partial charge is 0.490 e. The van der Waals surface area contributed by atoms with Gasteiger partial charge >= 0.3 is 0 Å². The lowest BCUT2D eigenvalue weighted by atomic mass is 10.2. The normalized spacial score (nSPS) is 13.0. The molecular weight excluding hydrogens is 424 g/mol. The van der Waals surface area contributed by atoms with Crippen molar-refractivity contribution in [2.24, 2.45) is 0 Å². The van der Waals surface area contributed by atoms with E-state index in [-0.39, 0.29) is 11.7 Å². The van der Waals surface area contributed by atoms with Crippen molar-refractivity contribution in [3.8, 4) is 17.2 Å². The number of fused-ring (bicyclic) bond motifs is 1. The molecule has 0 saturated carbocycles. The number of carbonyl (C=O) groups is 1. The molecule has 0 aliphatic carbocycles. The van der Waals surface area contributed by atoms with Gasteiger partial charge in [-0.25, -0.2) is 0 Å². The summed E-state index contributed by atoms with van der Waals surface area (Å²) >= 11 is 7.63. The first-order valence-corrected chi connectivity index (χ1v) is 10.9. The van der Waals surface area contributed by atoms with E-state index in [1.165, 1.54) is 11.8 Å². The molecule has 4 rings (SSSR count). The topological polar surface area (TPSA) is 78.3 Å². The zero-order valence-corrected chi connectivity index (χ0v) is 18.2. The van der Waals surface area contributed by atoms with E-state index in [1.807, 2.05) is 42.7 Å². The number of para-hydroxylation sites is 1. The van der Waals surface area contributed by atoms with E-state index in [0.717, 1.165) is 23.5 Å². The molecular formula is C21H21ClN4O3S. The Morgan fingerprint density at radius 2 is 1.90 bits per heavy atom. The zero-order chi connectivity index (χ0) is 21.1. The number of amides is 1. The molecule has 1 aromatic heterocycles. The van der Waals surface area contributed by atoms with E-state index in [4.69, 9.17) is 21.1 Å². The Balaban J connectivity index is 1.47. The second-order valence-corrected chi connectivity index (χ2v) is 8.17. The molecule has 1 aliphatic rings. The van der Waals surface area contributed by atoms with Gasteiger partial charge in [-0.05, 0) is 25.5 Å². The van der Waals surface area contributed by atoms with Gasteiger partial charge < -0.3 is 14.8 Å². The number of halogens is 1. The first kappa shape index (κ1) is 20.6. The Morgan fingerprint density at radius 1 is 1.17 bits per heavy atom. The molecule has 0 saturated heterocycles. The zero-order valence-electron chi connectivity index (χ0n) is 16.6. The fourth-order valence-electron chi connectivity index (χ4n) is 3.12. The van der Waals surface area contributed by atoms with Crippen LogP contribution >= 0.6 is 23.4 Å². The summed E-state index contributed by atoms with van der Waals surface area (Å²) in [6.45, 7) is 5.06. The molecule has 1 aliphatic heterocycles. The van der Waals surface area contributed by atoms with Gasteiger partial charge in [-0.1, -0.05) is 41.6 Å². The standard InChI is InChI=1S/C21H21ClN4O3S/c1-13-6-3-4-7-17(13)26-14(2)24-25-21(26)30-12-20(27)23-16-11-19-18(10-15(16)22)28-8-5-9-29-19/h3-4,6-7,10-11H,5,8-9,12H2,1-2H3,(H,23,27). The Bertz CT molecular complexity index is 1090. The Hall–Kier alpha value is -2.71. The Kier molecular flexibility index (Phi) is 6.15. The third-order valence-corrected chi connectivity index (χ3v) is 5.84. The number of nitrogens with one attached hydrogen (secondary N) is 1. The quantitative estimate of drug-likeness (QED) is 0.586. The van der Waals surface area contributed by atoms with Gasteiger partial charge in [0.25, 0.3) is 0 Å². The minimum absolute atomic E-state index is 0.161. The molecule has 2 heterocycles. The summed E-state index contributed by atoms with van der Waals surface area (Å²) in [4.78, 5) is 12.6. The van der Waals surface area contributed by atoms with Crippen molar-refractivity contribution in [1.29, 1.82) is 0 Å². The van der Waals surface area contributed by atoms with Crippen LogP contribution in [-0.4, -0.2) is 39.6 Å². The molecule has 156 valence electrons. The van der Waals surface area contributed by atoms with E-state index in [0.29, 0.717) is 40.6 Å². The van der Waals surface area contributed by atoms with Crippen LogP contribution in [0.4, 0.5) is 5.69 Å². The number of aryl methyl sites for hydroxylation is 2. The molecule has 0 atom stereocenters. The van der Waals surface area contributed by atoms with Crippen molar-refractivity contribution in [1.82, 2.24) is 14.8 Å². The van der Waals surface area contributed by atoms with Crippen LogP contribution in [0.3, 0.4) is 0 Å². The van der Waals surface area contributed by atoms with Gasteiger partial charge in [0.1, 0.15) is 5.82 Å². The number of ether oxygens (including phenoxy) is 2. The van der Waals surface area contributed by atoms with Crippen LogP contribution in [0.15, 0.2) is 41.6 Å². The number of benzene rings is 2. The maximum atomic E-state index is 12.6. The summed E-state index contributed by atoms with van der Waals surface area (Å²) in [5.74, 6) is 1.89. The number of hydrogen-bond donors (Lipinski definition) is 1. The van der Waals surface area contributed by atoms with Crippen molar-refractivity contribution < 1.29 is 14.3 Å². The highest BCUT2D eigenvalue weighted by Gasteiger charge is 2.18. The van der Waals surface area contributed by atoms with Gasteiger partial charge in [0.05, 0.1) is 35.4 Å². The summed E-state index contributed by atoms with van der Waals surface area (Å²) in [5.41, 5.74) is 2.59. The number of nitrogens with zero attached hydrogens (tertiary/aromatic N) is 3. The van der Waals surface area contributed by atoms with Crippen molar-refractivity contribution in [3.05, 3.63) is 52.8 Å².